The lowest BCUT2D eigenvalue weighted by molar-refractivity contribution is -0.163. The number of aryl methyl sites for hydroxylation is 2. The van der Waals surface area contributed by atoms with Gasteiger partial charge in [0.15, 0.2) is 0 Å². The number of ether oxygens (including phenoxy) is 2. The van der Waals surface area contributed by atoms with Crippen LogP contribution in [0.4, 0.5) is 0 Å². The quantitative estimate of drug-likeness (QED) is 0.596. The number of hydrogen-bond donors (Lipinski definition) is 1. The molecule has 1 heterocycles. The molecule has 0 bridgehead atoms. The highest BCUT2D eigenvalue weighted by atomic mass is 16.6. The molecule has 7 nitrogen and oxygen atoms in total. The van der Waals surface area contributed by atoms with Crippen molar-refractivity contribution >= 4 is 17.8 Å². The van der Waals surface area contributed by atoms with Crippen LogP contribution < -0.4 is 10.1 Å². The van der Waals surface area contributed by atoms with Crippen molar-refractivity contribution in [3.8, 4) is 5.75 Å². The molecule has 0 aromatic heterocycles. The predicted molar refractivity (Wildman–Crippen MR) is 134 cm³/mol. The Hall–Kier alpha value is -3.35. The predicted octanol–water partition coefficient (Wildman–Crippen LogP) is 4.33. The molecule has 1 saturated heterocycles. The van der Waals surface area contributed by atoms with Gasteiger partial charge in [-0.3, -0.25) is 9.59 Å². The third-order valence-electron chi connectivity index (χ3n) is 5.88. The molecule has 1 aliphatic heterocycles. The first kappa shape index (κ1) is 26.3. The number of amides is 2. The van der Waals surface area contributed by atoms with Crippen molar-refractivity contribution in [3.05, 3.63) is 64.7 Å². The van der Waals surface area contributed by atoms with Crippen LogP contribution in [0.3, 0.4) is 0 Å². The maximum atomic E-state index is 13.1. The lowest BCUT2D eigenvalue weighted by Crippen LogP contribution is -2.51. The molecule has 0 saturated carbocycles. The maximum absolute atomic E-state index is 13.1. The van der Waals surface area contributed by atoms with Gasteiger partial charge in [0, 0.05) is 12.1 Å². The van der Waals surface area contributed by atoms with Crippen molar-refractivity contribution in [2.24, 2.45) is 0 Å². The lowest BCUT2D eigenvalue weighted by atomic mass is 10.0. The highest BCUT2D eigenvalue weighted by molar-refractivity contribution is 5.98. The molecule has 2 amide bonds. The molecule has 0 spiro atoms. The van der Waals surface area contributed by atoms with E-state index in [1.807, 2.05) is 44.2 Å². The minimum absolute atomic E-state index is 0.289. The summed E-state index contributed by atoms with van der Waals surface area (Å²) in [6.45, 7) is 11.7. The summed E-state index contributed by atoms with van der Waals surface area (Å²) in [5.41, 5.74) is 2.58. The molecular formula is C28H36N2O5. The molecule has 0 aliphatic carbocycles. The number of rotatable bonds is 7. The number of carbonyl (C=O) groups is 3. The zero-order valence-corrected chi connectivity index (χ0v) is 21.5. The molecule has 1 fully saturated rings. The van der Waals surface area contributed by atoms with E-state index >= 15 is 0 Å². The van der Waals surface area contributed by atoms with Gasteiger partial charge in [0.2, 0.25) is 5.91 Å². The molecule has 0 radical (unpaired) electrons. The number of esters is 1. The second-order valence-corrected chi connectivity index (χ2v) is 10.1. The van der Waals surface area contributed by atoms with Crippen LogP contribution in [-0.2, 0) is 20.9 Å². The summed E-state index contributed by atoms with van der Waals surface area (Å²) in [5, 5.41) is 2.79. The van der Waals surface area contributed by atoms with Crippen molar-refractivity contribution in [2.45, 2.75) is 78.7 Å². The number of nitrogens with one attached hydrogen (secondary N) is 1. The molecule has 188 valence electrons. The second kappa shape index (κ2) is 10.9. The average Bonchev–Trinajstić information content (AvgIpc) is 3.27. The normalized spacial score (nSPS) is 16.5. The summed E-state index contributed by atoms with van der Waals surface area (Å²) in [6, 6.07) is 12.0. The average molecular weight is 481 g/mol. The van der Waals surface area contributed by atoms with Crippen molar-refractivity contribution < 1.29 is 23.9 Å². The first-order valence-corrected chi connectivity index (χ1v) is 12.1. The highest BCUT2D eigenvalue weighted by Crippen LogP contribution is 2.26. The Morgan fingerprint density at radius 1 is 1.09 bits per heavy atom. The largest absolute Gasteiger partial charge is 0.488 e. The fourth-order valence-corrected chi connectivity index (χ4v) is 4.27. The van der Waals surface area contributed by atoms with Gasteiger partial charge in [0.25, 0.3) is 5.91 Å². The molecule has 3 rings (SSSR count). The van der Waals surface area contributed by atoms with Crippen LogP contribution in [0.2, 0.25) is 0 Å². The second-order valence-electron chi connectivity index (χ2n) is 10.1. The molecule has 7 heteroatoms. The van der Waals surface area contributed by atoms with Crippen LogP contribution in [-0.4, -0.2) is 46.9 Å². The summed E-state index contributed by atoms with van der Waals surface area (Å²) in [5.74, 6) is -0.298. The van der Waals surface area contributed by atoms with Gasteiger partial charge in [-0.25, -0.2) is 4.79 Å². The standard InChI is InChI=1S/C28H36N2O5/c1-18-15-22(16-19(2)24(18)34-17-21-11-8-7-9-12-21)25(31)29-20(3)26(32)30-14-10-13-23(30)27(33)35-28(4,5)6/h7-9,11-12,15-16,20,23H,10,13-14,17H2,1-6H3,(H,29,31). The van der Waals surface area contributed by atoms with Crippen LogP contribution in [0, 0.1) is 13.8 Å². The van der Waals surface area contributed by atoms with E-state index in [1.165, 1.54) is 4.90 Å². The van der Waals surface area contributed by atoms with E-state index in [0.717, 1.165) is 28.9 Å². The van der Waals surface area contributed by atoms with E-state index in [4.69, 9.17) is 9.47 Å². The fourth-order valence-electron chi connectivity index (χ4n) is 4.27. The monoisotopic (exact) mass is 480 g/mol. The van der Waals surface area contributed by atoms with Gasteiger partial charge in [-0.1, -0.05) is 30.3 Å². The Kier molecular flexibility index (Phi) is 8.20. The Morgan fingerprint density at radius 2 is 1.71 bits per heavy atom. The first-order valence-electron chi connectivity index (χ1n) is 12.1. The van der Waals surface area contributed by atoms with Crippen LogP contribution in [0.5, 0.6) is 5.75 Å². The lowest BCUT2D eigenvalue weighted by Gasteiger charge is -2.29. The van der Waals surface area contributed by atoms with Crippen molar-refractivity contribution in [2.75, 3.05) is 6.54 Å². The van der Waals surface area contributed by atoms with Gasteiger partial charge in [-0.2, -0.15) is 0 Å². The van der Waals surface area contributed by atoms with E-state index in [9.17, 15) is 14.4 Å². The van der Waals surface area contributed by atoms with Crippen molar-refractivity contribution in [1.82, 2.24) is 10.2 Å². The molecule has 1 aliphatic rings. The third-order valence-corrected chi connectivity index (χ3v) is 5.88. The molecule has 2 aromatic carbocycles. The summed E-state index contributed by atoms with van der Waals surface area (Å²) >= 11 is 0. The number of hydrogen-bond acceptors (Lipinski definition) is 5. The summed E-state index contributed by atoms with van der Waals surface area (Å²) in [6.07, 6.45) is 1.28. The van der Waals surface area contributed by atoms with Gasteiger partial charge in [-0.05, 0) is 83.2 Å². The van der Waals surface area contributed by atoms with E-state index < -0.39 is 23.7 Å². The molecule has 2 aromatic rings. The Labute approximate surface area is 207 Å². The molecule has 2 atom stereocenters. The van der Waals surface area contributed by atoms with Gasteiger partial charge in [0.1, 0.15) is 30.0 Å². The van der Waals surface area contributed by atoms with Crippen LogP contribution in [0.25, 0.3) is 0 Å². The van der Waals surface area contributed by atoms with E-state index in [-0.39, 0.29) is 11.8 Å². The molecule has 35 heavy (non-hydrogen) atoms. The minimum atomic E-state index is -0.778. The highest BCUT2D eigenvalue weighted by Gasteiger charge is 2.38. The number of likely N-dealkylation sites (tertiary alicyclic amines) is 1. The number of nitrogens with zero attached hydrogens (tertiary/aromatic N) is 1. The van der Waals surface area contributed by atoms with Crippen molar-refractivity contribution in [1.29, 1.82) is 0 Å². The van der Waals surface area contributed by atoms with E-state index in [1.54, 1.807) is 39.8 Å². The Balaban J connectivity index is 1.64. The van der Waals surface area contributed by atoms with Crippen LogP contribution in [0.15, 0.2) is 42.5 Å². The van der Waals surface area contributed by atoms with E-state index in [0.29, 0.717) is 25.1 Å². The minimum Gasteiger partial charge on any atom is -0.488 e. The van der Waals surface area contributed by atoms with E-state index in [2.05, 4.69) is 5.32 Å². The van der Waals surface area contributed by atoms with Gasteiger partial charge in [-0.15, -0.1) is 0 Å². The third kappa shape index (κ3) is 6.84. The SMILES string of the molecule is Cc1cc(C(=O)NC(C)C(=O)N2CCCC2C(=O)OC(C)(C)C)cc(C)c1OCc1ccccc1. The number of benzene rings is 2. The summed E-state index contributed by atoms with van der Waals surface area (Å²) in [7, 11) is 0. The topological polar surface area (TPSA) is 84.9 Å². The zero-order chi connectivity index (χ0) is 25.8. The van der Waals surface area contributed by atoms with Crippen LogP contribution >= 0.6 is 0 Å². The number of carbonyl (C=O) groups excluding carboxylic acids is 3. The zero-order valence-electron chi connectivity index (χ0n) is 21.5. The summed E-state index contributed by atoms with van der Waals surface area (Å²) < 4.78 is 11.5. The van der Waals surface area contributed by atoms with Gasteiger partial charge >= 0.3 is 5.97 Å². The van der Waals surface area contributed by atoms with Gasteiger partial charge < -0.3 is 19.7 Å². The van der Waals surface area contributed by atoms with Crippen LogP contribution in [0.1, 0.15) is 67.6 Å². The molecular weight excluding hydrogens is 444 g/mol. The van der Waals surface area contributed by atoms with Crippen molar-refractivity contribution in [3.63, 3.8) is 0 Å². The Bertz CT molecular complexity index is 1050. The molecule has 1 N–H and O–H groups in total. The molecule has 2 unspecified atom stereocenters. The fraction of sp³-hybridized carbons (Fsp3) is 0.464. The van der Waals surface area contributed by atoms with Gasteiger partial charge in [0.05, 0.1) is 0 Å². The smallest absolute Gasteiger partial charge is 0.329 e. The summed E-state index contributed by atoms with van der Waals surface area (Å²) in [4.78, 5) is 40.1. The maximum Gasteiger partial charge on any atom is 0.329 e. The Morgan fingerprint density at radius 3 is 2.31 bits per heavy atom. The first-order chi connectivity index (χ1) is 16.5.